The molecule has 2 fully saturated rings. The summed E-state index contributed by atoms with van der Waals surface area (Å²) >= 11 is 0. The van der Waals surface area contributed by atoms with Crippen molar-refractivity contribution >= 4 is 22.4 Å². The number of rotatable bonds is 6. The normalized spacial score (nSPS) is 24.5. The number of aliphatic imine (C=N–C) groups is 1. The zero-order chi connectivity index (χ0) is 30.0. The number of hydrogen-bond donors (Lipinski definition) is 2. The van der Waals surface area contributed by atoms with Gasteiger partial charge in [-0.1, -0.05) is 32.9 Å². The van der Waals surface area contributed by atoms with Crippen molar-refractivity contribution in [3.8, 4) is 0 Å². The molecule has 0 amide bonds. The Morgan fingerprint density at radius 2 is 2.00 bits per heavy atom. The second kappa shape index (κ2) is 12.4. The Balaban J connectivity index is 1.39. The summed E-state index contributed by atoms with van der Waals surface area (Å²) in [7, 11) is 0. The maximum Gasteiger partial charge on any atom is 0.258 e. The summed E-state index contributed by atoms with van der Waals surface area (Å²) < 4.78 is 28.9. The molecule has 1 aliphatic heterocycles. The predicted octanol–water partition coefficient (Wildman–Crippen LogP) is 6.21. The van der Waals surface area contributed by atoms with Crippen molar-refractivity contribution < 1.29 is 8.78 Å². The lowest BCUT2D eigenvalue weighted by Crippen LogP contribution is -2.53. The van der Waals surface area contributed by atoms with E-state index in [4.69, 9.17) is 4.99 Å². The summed E-state index contributed by atoms with van der Waals surface area (Å²) in [6, 6.07) is 11.7. The van der Waals surface area contributed by atoms with Gasteiger partial charge in [0.2, 0.25) is 0 Å². The van der Waals surface area contributed by atoms with Crippen molar-refractivity contribution in [2.24, 2.45) is 22.2 Å². The third-order valence-electron chi connectivity index (χ3n) is 9.24. The number of allylic oxidation sites excluding steroid dienone is 1. The summed E-state index contributed by atoms with van der Waals surface area (Å²) in [5, 5.41) is 8.55. The van der Waals surface area contributed by atoms with Gasteiger partial charge in [-0.15, -0.1) is 6.58 Å². The van der Waals surface area contributed by atoms with Crippen molar-refractivity contribution in [2.75, 3.05) is 25.0 Å². The molecule has 224 valence electrons. The molecule has 3 aromatic rings. The number of anilines is 1. The van der Waals surface area contributed by atoms with E-state index in [-0.39, 0.29) is 17.0 Å². The van der Waals surface area contributed by atoms with E-state index in [0.717, 1.165) is 55.6 Å². The molecule has 1 aromatic heterocycles. The van der Waals surface area contributed by atoms with E-state index in [2.05, 4.69) is 55.9 Å². The molecule has 6 nitrogen and oxygen atoms in total. The first-order chi connectivity index (χ1) is 20.1. The lowest BCUT2D eigenvalue weighted by atomic mass is 9.62. The van der Waals surface area contributed by atoms with Crippen LogP contribution < -0.4 is 16.2 Å². The van der Waals surface area contributed by atoms with E-state index in [0.29, 0.717) is 41.8 Å². The molecule has 2 N–H and O–H groups in total. The average molecular weight is 576 g/mol. The second-order valence-electron chi connectivity index (χ2n) is 12.7. The molecule has 5 rings (SSSR count). The van der Waals surface area contributed by atoms with Gasteiger partial charge in [0.05, 0.1) is 6.04 Å². The van der Waals surface area contributed by atoms with E-state index in [1.807, 2.05) is 24.3 Å². The molecule has 0 bridgehead atoms. The number of nitrogens with one attached hydrogen (secondary N) is 2. The van der Waals surface area contributed by atoms with E-state index >= 15 is 0 Å². The molecule has 1 unspecified atom stereocenters. The fourth-order valence-electron chi connectivity index (χ4n) is 6.73. The van der Waals surface area contributed by atoms with Crippen LogP contribution in [0, 0.1) is 28.9 Å². The number of piperazine rings is 1. The van der Waals surface area contributed by atoms with Crippen LogP contribution in [0.25, 0.3) is 10.8 Å². The molecule has 4 atom stereocenters. The molecular formula is C34H43F2N5O. The van der Waals surface area contributed by atoms with Gasteiger partial charge >= 0.3 is 0 Å². The highest BCUT2D eigenvalue weighted by molar-refractivity contribution is 5.96. The number of pyridine rings is 1. The van der Waals surface area contributed by atoms with Crippen LogP contribution in [0.5, 0.6) is 0 Å². The number of benzene rings is 2. The molecule has 0 spiro atoms. The van der Waals surface area contributed by atoms with Gasteiger partial charge in [-0.2, -0.15) is 0 Å². The van der Waals surface area contributed by atoms with Crippen LogP contribution in [0.4, 0.5) is 14.5 Å². The standard InChI is InChI=1S/C34H43F2N5O/c1-6-29-23(3)31(11-14-34(29,4)5)39-33(41-18-15-37-22(2)21-41)38-27-9-10-28-25(19-27)13-17-40(32(28)42)16-12-24-7-8-26(35)20-30(24)36/h6-10,13,17,19-20,22-23,29,31,37H,1,11-12,14-16,18,21H2,2-5H3,(H,38,39)/t22-,23-,29-,31?/m0/s1. The molecule has 2 heterocycles. The molecule has 42 heavy (non-hydrogen) atoms. The molecule has 2 aromatic carbocycles. The van der Waals surface area contributed by atoms with Gasteiger partial charge in [0.25, 0.3) is 5.56 Å². The van der Waals surface area contributed by atoms with Crippen LogP contribution in [0.15, 0.2) is 71.1 Å². The minimum atomic E-state index is -0.610. The minimum absolute atomic E-state index is 0.138. The Hall–Kier alpha value is -3.52. The van der Waals surface area contributed by atoms with Crippen molar-refractivity contribution in [3.05, 3.63) is 88.9 Å². The number of nitrogens with zero attached hydrogens (tertiary/aromatic N) is 3. The van der Waals surface area contributed by atoms with Crippen LogP contribution in [-0.2, 0) is 13.0 Å². The maximum absolute atomic E-state index is 14.1. The summed E-state index contributed by atoms with van der Waals surface area (Å²) in [6.07, 6.45) is 6.28. The van der Waals surface area contributed by atoms with E-state index in [1.165, 1.54) is 12.1 Å². The van der Waals surface area contributed by atoms with Gasteiger partial charge in [-0.05, 0) is 84.7 Å². The van der Waals surface area contributed by atoms with E-state index < -0.39 is 11.6 Å². The molecule has 2 aliphatic rings. The molecule has 1 aliphatic carbocycles. The Bertz CT molecular complexity index is 1530. The summed E-state index contributed by atoms with van der Waals surface area (Å²) in [4.78, 5) is 20.9. The predicted molar refractivity (Wildman–Crippen MR) is 168 cm³/mol. The number of hydrogen-bond acceptors (Lipinski definition) is 3. The largest absolute Gasteiger partial charge is 0.340 e. The zero-order valence-corrected chi connectivity index (χ0v) is 25.2. The lowest BCUT2D eigenvalue weighted by Gasteiger charge is -2.45. The van der Waals surface area contributed by atoms with Gasteiger partial charge in [0.1, 0.15) is 11.6 Å². The van der Waals surface area contributed by atoms with E-state index in [1.54, 1.807) is 10.8 Å². The Morgan fingerprint density at radius 3 is 2.74 bits per heavy atom. The third-order valence-corrected chi connectivity index (χ3v) is 9.24. The average Bonchev–Trinajstić information content (AvgIpc) is 2.94. The number of aryl methyl sites for hydroxylation is 2. The van der Waals surface area contributed by atoms with Gasteiger partial charge in [0.15, 0.2) is 5.96 Å². The Labute approximate surface area is 247 Å². The molecule has 1 saturated carbocycles. The highest BCUT2D eigenvalue weighted by Gasteiger charge is 2.40. The van der Waals surface area contributed by atoms with Gasteiger partial charge in [-0.3, -0.25) is 4.79 Å². The summed E-state index contributed by atoms with van der Waals surface area (Å²) in [6.45, 7) is 16.2. The zero-order valence-electron chi connectivity index (χ0n) is 25.2. The second-order valence-corrected chi connectivity index (χ2v) is 12.7. The molecular weight excluding hydrogens is 532 g/mol. The van der Waals surface area contributed by atoms with Crippen LogP contribution in [-0.4, -0.2) is 47.1 Å². The van der Waals surface area contributed by atoms with Gasteiger partial charge < -0.3 is 20.1 Å². The fourth-order valence-corrected chi connectivity index (χ4v) is 6.73. The highest BCUT2D eigenvalue weighted by atomic mass is 19.1. The molecule has 1 saturated heterocycles. The monoisotopic (exact) mass is 575 g/mol. The topological polar surface area (TPSA) is 61.7 Å². The molecule has 8 heteroatoms. The first kappa shape index (κ1) is 30.0. The van der Waals surface area contributed by atoms with Crippen LogP contribution >= 0.6 is 0 Å². The SMILES string of the molecule is C=C[C@H]1[C@H](C)C(N=C(Nc2ccc3c(=O)n(CCc4ccc(F)cc4F)ccc3c2)N2CCN[C@@H](C)C2)CCC1(C)C. The van der Waals surface area contributed by atoms with Crippen molar-refractivity contribution in [2.45, 2.75) is 65.6 Å². The lowest BCUT2D eigenvalue weighted by molar-refractivity contribution is 0.105. The van der Waals surface area contributed by atoms with Gasteiger partial charge in [0, 0.05) is 55.6 Å². The number of fused-ring (bicyclic) bond motifs is 1. The maximum atomic E-state index is 14.1. The van der Waals surface area contributed by atoms with Crippen LogP contribution in [0.2, 0.25) is 0 Å². The number of guanidine groups is 1. The van der Waals surface area contributed by atoms with Crippen molar-refractivity contribution in [1.82, 2.24) is 14.8 Å². The summed E-state index contributed by atoms with van der Waals surface area (Å²) in [5.74, 6) is 0.438. The Morgan fingerprint density at radius 1 is 1.19 bits per heavy atom. The quantitative estimate of drug-likeness (QED) is 0.208. The van der Waals surface area contributed by atoms with Crippen molar-refractivity contribution in [3.63, 3.8) is 0 Å². The highest BCUT2D eigenvalue weighted by Crippen LogP contribution is 2.45. The smallest absolute Gasteiger partial charge is 0.258 e. The van der Waals surface area contributed by atoms with Crippen molar-refractivity contribution in [1.29, 1.82) is 0 Å². The number of halogens is 2. The first-order valence-electron chi connectivity index (χ1n) is 15.1. The van der Waals surface area contributed by atoms with Crippen LogP contribution in [0.1, 0.15) is 46.1 Å². The van der Waals surface area contributed by atoms with E-state index in [9.17, 15) is 13.6 Å². The summed E-state index contributed by atoms with van der Waals surface area (Å²) in [5.41, 5.74) is 1.33. The fraction of sp³-hybridized carbons (Fsp3) is 0.471. The molecule has 0 radical (unpaired) electrons. The van der Waals surface area contributed by atoms with Gasteiger partial charge in [-0.25, -0.2) is 13.8 Å². The Kier molecular flexibility index (Phi) is 8.83. The number of aromatic nitrogens is 1. The third kappa shape index (κ3) is 6.43. The van der Waals surface area contributed by atoms with Crippen LogP contribution in [0.3, 0.4) is 0 Å². The minimum Gasteiger partial charge on any atom is -0.340 e. The first-order valence-corrected chi connectivity index (χ1v) is 15.1.